The van der Waals surface area contributed by atoms with E-state index in [4.69, 9.17) is 15.1 Å². The summed E-state index contributed by atoms with van der Waals surface area (Å²) >= 11 is 0. The van der Waals surface area contributed by atoms with Gasteiger partial charge in [-0.1, -0.05) is 27.7 Å². The van der Waals surface area contributed by atoms with E-state index >= 15 is 0 Å². The molecule has 0 spiro atoms. The van der Waals surface area contributed by atoms with E-state index < -0.39 is 10.3 Å². The Morgan fingerprint density at radius 2 is 1.44 bits per heavy atom. The van der Waals surface area contributed by atoms with E-state index in [0.717, 1.165) is 11.1 Å². The third-order valence-corrected chi connectivity index (χ3v) is 3.01. The Hall–Kier alpha value is -1.27. The smallest absolute Gasteiger partial charge is 0.380 e. The first-order valence-electron chi connectivity index (χ1n) is 5.77. The van der Waals surface area contributed by atoms with Crippen LogP contribution in [0.3, 0.4) is 0 Å². The van der Waals surface area contributed by atoms with Gasteiger partial charge < -0.3 is 9.92 Å². The van der Waals surface area contributed by atoms with Gasteiger partial charge in [-0.3, -0.25) is 0 Å². The number of anilines is 1. The van der Waals surface area contributed by atoms with Crippen molar-refractivity contribution in [2.24, 2.45) is 5.14 Å². The third kappa shape index (κ3) is 3.61. The first kappa shape index (κ1) is 14.8. The van der Waals surface area contributed by atoms with Crippen LogP contribution in [0.25, 0.3) is 0 Å². The zero-order chi connectivity index (χ0) is 14.1. The summed E-state index contributed by atoms with van der Waals surface area (Å²) < 4.78 is 27.3. The van der Waals surface area contributed by atoms with E-state index in [1.54, 1.807) is 12.1 Å². The molecule has 0 amide bonds. The highest BCUT2D eigenvalue weighted by Gasteiger charge is 2.20. The van der Waals surface area contributed by atoms with E-state index in [9.17, 15) is 8.42 Å². The van der Waals surface area contributed by atoms with E-state index in [-0.39, 0.29) is 11.8 Å². The molecule has 5 nitrogen and oxygen atoms in total. The normalized spacial score (nSPS) is 12.2. The maximum Gasteiger partial charge on any atom is 0.380 e. The maximum atomic E-state index is 11.2. The van der Waals surface area contributed by atoms with Gasteiger partial charge in [-0.2, -0.15) is 13.6 Å². The molecule has 0 aliphatic rings. The lowest BCUT2D eigenvalue weighted by Crippen LogP contribution is -2.21. The number of nitrogen functional groups attached to an aromatic ring is 1. The van der Waals surface area contributed by atoms with Gasteiger partial charge in [-0.25, -0.2) is 0 Å². The summed E-state index contributed by atoms with van der Waals surface area (Å²) in [5, 5.41) is 4.96. The van der Waals surface area contributed by atoms with E-state index in [1.165, 1.54) is 0 Å². The van der Waals surface area contributed by atoms with Crippen LogP contribution in [0.5, 0.6) is 5.75 Å². The summed E-state index contributed by atoms with van der Waals surface area (Å²) in [6, 6.07) is 3.44. The van der Waals surface area contributed by atoms with Crippen LogP contribution in [-0.2, 0) is 10.3 Å². The molecule has 0 radical (unpaired) electrons. The molecule has 1 aromatic carbocycles. The molecule has 0 fully saturated rings. The molecule has 1 aromatic rings. The Morgan fingerprint density at radius 3 is 1.72 bits per heavy atom. The Labute approximate surface area is 108 Å². The maximum absolute atomic E-state index is 11.2. The average Bonchev–Trinajstić information content (AvgIpc) is 2.17. The van der Waals surface area contributed by atoms with Gasteiger partial charge in [0.1, 0.15) is 0 Å². The third-order valence-electron chi connectivity index (χ3n) is 2.61. The SMILES string of the molecule is CC(C)c1cc(N)cc(C(C)C)c1OS(N)(=O)=O. The summed E-state index contributed by atoms with van der Waals surface area (Å²) in [5.74, 6) is 0.474. The largest absolute Gasteiger partial charge is 0.399 e. The lowest BCUT2D eigenvalue weighted by atomic mass is 9.93. The van der Waals surface area contributed by atoms with Gasteiger partial charge >= 0.3 is 10.3 Å². The van der Waals surface area contributed by atoms with Crippen molar-refractivity contribution in [2.45, 2.75) is 39.5 Å². The minimum atomic E-state index is -4.04. The molecule has 0 aliphatic carbocycles. The molecule has 0 unspecified atom stereocenters. The highest BCUT2D eigenvalue weighted by molar-refractivity contribution is 7.84. The lowest BCUT2D eigenvalue weighted by Gasteiger charge is -2.19. The highest BCUT2D eigenvalue weighted by atomic mass is 32.2. The van der Waals surface area contributed by atoms with Crippen molar-refractivity contribution in [3.05, 3.63) is 23.3 Å². The minimum absolute atomic E-state index is 0.0859. The van der Waals surface area contributed by atoms with Crippen molar-refractivity contribution < 1.29 is 12.6 Å². The average molecular weight is 272 g/mol. The van der Waals surface area contributed by atoms with Crippen LogP contribution in [0.2, 0.25) is 0 Å². The van der Waals surface area contributed by atoms with Crippen molar-refractivity contribution in [3.63, 3.8) is 0 Å². The summed E-state index contributed by atoms with van der Waals surface area (Å²) in [6.07, 6.45) is 0. The van der Waals surface area contributed by atoms with Crippen LogP contribution < -0.4 is 15.1 Å². The van der Waals surface area contributed by atoms with Crippen LogP contribution in [0.15, 0.2) is 12.1 Å². The van der Waals surface area contributed by atoms with Gasteiger partial charge in [0.05, 0.1) is 0 Å². The van der Waals surface area contributed by atoms with Gasteiger partial charge in [0.15, 0.2) is 5.75 Å². The highest BCUT2D eigenvalue weighted by Crippen LogP contribution is 2.37. The Balaban J connectivity index is 3.51. The fraction of sp³-hybridized carbons (Fsp3) is 0.500. The predicted octanol–water partition coefficient (Wildman–Crippen LogP) is 2.10. The Kier molecular flexibility index (Phi) is 4.24. The molecule has 0 atom stereocenters. The second-order valence-corrected chi connectivity index (χ2v) is 6.07. The summed E-state index contributed by atoms with van der Waals surface area (Å²) in [5.41, 5.74) is 7.91. The molecule has 1 rings (SSSR count). The van der Waals surface area contributed by atoms with Gasteiger partial charge in [-0.05, 0) is 24.0 Å². The van der Waals surface area contributed by atoms with Crippen molar-refractivity contribution >= 4 is 16.0 Å². The van der Waals surface area contributed by atoms with Crippen molar-refractivity contribution in [2.75, 3.05) is 5.73 Å². The van der Waals surface area contributed by atoms with Crippen LogP contribution in [-0.4, -0.2) is 8.42 Å². The van der Waals surface area contributed by atoms with Gasteiger partial charge in [-0.15, -0.1) is 0 Å². The molecule has 102 valence electrons. The van der Waals surface area contributed by atoms with Crippen molar-refractivity contribution in [1.82, 2.24) is 0 Å². The lowest BCUT2D eigenvalue weighted by molar-refractivity contribution is 0.478. The molecular formula is C12H20N2O3S. The van der Waals surface area contributed by atoms with E-state index in [0.29, 0.717) is 11.4 Å². The zero-order valence-electron chi connectivity index (χ0n) is 11.1. The van der Waals surface area contributed by atoms with Gasteiger partial charge in [0, 0.05) is 16.8 Å². The van der Waals surface area contributed by atoms with Crippen molar-refractivity contribution in [1.29, 1.82) is 0 Å². The predicted molar refractivity (Wildman–Crippen MR) is 72.8 cm³/mol. The van der Waals surface area contributed by atoms with Crippen molar-refractivity contribution in [3.8, 4) is 5.75 Å². The minimum Gasteiger partial charge on any atom is -0.399 e. The molecule has 0 heterocycles. The van der Waals surface area contributed by atoms with Crippen LogP contribution in [0.1, 0.15) is 50.7 Å². The van der Waals surface area contributed by atoms with Crippen LogP contribution in [0.4, 0.5) is 5.69 Å². The van der Waals surface area contributed by atoms with Gasteiger partial charge in [0.25, 0.3) is 0 Å². The standard InChI is InChI=1S/C12H20N2O3S/c1-7(2)10-5-9(13)6-11(8(3)4)12(10)17-18(14,15)16/h5-8H,13H2,1-4H3,(H2,14,15,16). The monoisotopic (exact) mass is 272 g/mol. The topological polar surface area (TPSA) is 95.4 Å². The summed E-state index contributed by atoms with van der Waals surface area (Å²) in [6.45, 7) is 7.76. The molecular weight excluding hydrogens is 252 g/mol. The fourth-order valence-corrected chi connectivity index (χ4v) is 2.19. The first-order valence-corrected chi connectivity index (χ1v) is 7.24. The second-order valence-electron chi connectivity index (χ2n) is 4.91. The first-order chi connectivity index (χ1) is 8.11. The zero-order valence-corrected chi connectivity index (χ0v) is 11.9. The summed E-state index contributed by atoms with van der Waals surface area (Å²) in [7, 11) is -4.04. The molecule has 0 aliphatic heterocycles. The molecule has 18 heavy (non-hydrogen) atoms. The quantitative estimate of drug-likeness (QED) is 0.820. The number of benzene rings is 1. The van der Waals surface area contributed by atoms with Gasteiger partial charge in [0.2, 0.25) is 0 Å². The molecule has 0 saturated carbocycles. The molecule has 0 saturated heterocycles. The van der Waals surface area contributed by atoms with E-state index in [1.807, 2.05) is 27.7 Å². The number of hydrogen-bond donors (Lipinski definition) is 2. The number of hydrogen-bond acceptors (Lipinski definition) is 4. The fourth-order valence-electron chi connectivity index (χ4n) is 1.77. The second kappa shape index (κ2) is 5.16. The number of rotatable bonds is 4. The van der Waals surface area contributed by atoms with Crippen LogP contribution in [0, 0.1) is 0 Å². The molecule has 6 heteroatoms. The number of nitrogens with two attached hydrogens (primary N) is 2. The van der Waals surface area contributed by atoms with E-state index in [2.05, 4.69) is 0 Å². The Bertz CT molecular complexity index is 507. The Morgan fingerprint density at radius 1 is 1.06 bits per heavy atom. The van der Waals surface area contributed by atoms with Crippen LogP contribution >= 0.6 is 0 Å². The summed E-state index contributed by atoms with van der Waals surface area (Å²) in [4.78, 5) is 0. The molecule has 4 N–H and O–H groups in total. The molecule has 0 aromatic heterocycles. The molecule has 0 bridgehead atoms.